The number of aromatic nitrogens is 1. The van der Waals surface area contributed by atoms with Gasteiger partial charge in [-0.1, -0.05) is 25.3 Å². The molecule has 1 saturated carbocycles. The lowest BCUT2D eigenvalue weighted by Gasteiger charge is -2.29. The van der Waals surface area contributed by atoms with Crippen LogP contribution in [0.5, 0.6) is 0 Å². The predicted octanol–water partition coefficient (Wildman–Crippen LogP) is 5.33. The maximum Gasteiger partial charge on any atom is 0.417 e. The molecular weight excluding hydrogens is 560 g/mol. The number of nitrogens with two attached hydrogens (primary N) is 1. The molecule has 0 unspecified atom stereocenters. The summed E-state index contributed by atoms with van der Waals surface area (Å²) in [6.07, 6.45) is -5.72. The van der Waals surface area contributed by atoms with Crippen LogP contribution in [0.1, 0.15) is 57.2 Å². The third-order valence-electron chi connectivity index (χ3n) is 6.76. The number of rotatable bonds is 7. The molecule has 2 aromatic rings. The second-order valence-electron chi connectivity index (χ2n) is 10.1. The summed E-state index contributed by atoms with van der Waals surface area (Å²) < 4.78 is 135. The van der Waals surface area contributed by atoms with E-state index in [0.29, 0.717) is 32.5 Å². The lowest BCUT2D eigenvalue weighted by Crippen LogP contribution is -2.54. The summed E-state index contributed by atoms with van der Waals surface area (Å²) in [7, 11) is -9.53. The lowest BCUT2D eigenvalue weighted by molar-refractivity contribution is -0.180. The fourth-order valence-corrected chi connectivity index (χ4v) is 7.01. The molecule has 7 nitrogen and oxygen atoms in total. The van der Waals surface area contributed by atoms with Gasteiger partial charge in [-0.25, -0.2) is 22.0 Å². The zero-order valence-electron chi connectivity index (χ0n) is 20.9. The van der Waals surface area contributed by atoms with Crippen LogP contribution < -0.4 is 9.86 Å². The van der Waals surface area contributed by atoms with Gasteiger partial charge in [-0.05, 0) is 63.3 Å². The van der Waals surface area contributed by atoms with Gasteiger partial charge in [0.15, 0.2) is 0 Å². The summed E-state index contributed by atoms with van der Waals surface area (Å²) in [6, 6.07) is 3.19. The Bertz CT molecular complexity index is 1410. The van der Waals surface area contributed by atoms with Gasteiger partial charge in [0.05, 0.1) is 10.5 Å². The molecule has 3 N–H and O–H groups in total. The van der Waals surface area contributed by atoms with Gasteiger partial charge in [0, 0.05) is 17.9 Å². The Morgan fingerprint density at radius 3 is 2.03 bits per heavy atom. The standard InChI is InChI=1S/C23H29F6N3O4S2/c1-14-20(37(30,33)34)12-18(32(14)13-15-7-5-4-6-8-15)16-9-10-19(17(11-16)22(24,25)26)38(35,36)31-21(2,3)23(27,28)29/h9-12,15,31H,4-8,13H2,1-3H3,(H2,30,33,34). The first-order valence-corrected chi connectivity index (χ1v) is 14.7. The summed E-state index contributed by atoms with van der Waals surface area (Å²) in [6.45, 7) is 2.75. The normalized spacial score (nSPS) is 16.7. The van der Waals surface area contributed by atoms with E-state index in [-0.39, 0.29) is 27.8 Å². The van der Waals surface area contributed by atoms with Gasteiger partial charge < -0.3 is 4.57 Å². The summed E-state index contributed by atoms with van der Waals surface area (Å²) in [5.74, 6) is 0.137. The number of hydrogen-bond acceptors (Lipinski definition) is 4. The Morgan fingerprint density at radius 2 is 1.53 bits per heavy atom. The van der Waals surface area contributed by atoms with Crippen molar-refractivity contribution in [3.8, 4) is 11.3 Å². The van der Waals surface area contributed by atoms with Gasteiger partial charge in [-0.15, -0.1) is 0 Å². The number of nitrogens with one attached hydrogen (secondary N) is 1. The van der Waals surface area contributed by atoms with E-state index >= 15 is 0 Å². The van der Waals surface area contributed by atoms with Gasteiger partial charge in [0.1, 0.15) is 10.4 Å². The van der Waals surface area contributed by atoms with Gasteiger partial charge in [0.2, 0.25) is 20.0 Å². The van der Waals surface area contributed by atoms with Gasteiger partial charge in [-0.2, -0.15) is 31.1 Å². The van der Waals surface area contributed by atoms with Crippen molar-refractivity contribution in [1.29, 1.82) is 0 Å². The molecule has 38 heavy (non-hydrogen) atoms. The van der Waals surface area contributed by atoms with E-state index in [1.54, 1.807) is 4.57 Å². The lowest BCUT2D eigenvalue weighted by atomic mass is 9.89. The molecule has 1 aliphatic rings. The van der Waals surface area contributed by atoms with Crippen molar-refractivity contribution in [1.82, 2.24) is 9.29 Å². The third-order valence-corrected chi connectivity index (χ3v) is 9.50. The minimum absolute atomic E-state index is 0.0649. The van der Waals surface area contributed by atoms with Crippen molar-refractivity contribution in [3.63, 3.8) is 0 Å². The first-order valence-electron chi connectivity index (χ1n) is 11.7. The highest BCUT2D eigenvalue weighted by atomic mass is 32.2. The number of halogens is 6. The predicted molar refractivity (Wildman–Crippen MR) is 128 cm³/mol. The molecule has 0 amide bonds. The maximum absolute atomic E-state index is 14.1. The molecule has 15 heteroatoms. The molecule has 0 saturated heterocycles. The first-order chi connectivity index (χ1) is 17.1. The number of primary sulfonamides is 1. The minimum Gasteiger partial charge on any atom is -0.343 e. The second-order valence-corrected chi connectivity index (χ2v) is 13.3. The van der Waals surface area contributed by atoms with Crippen molar-refractivity contribution in [2.75, 3.05) is 0 Å². The van der Waals surface area contributed by atoms with Crippen LogP contribution in [0.4, 0.5) is 26.3 Å². The molecule has 1 aromatic heterocycles. The Morgan fingerprint density at radius 1 is 0.947 bits per heavy atom. The average Bonchev–Trinajstić information content (AvgIpc) is 3.08. The molecule has 0 aliphatic heterocycles. The van der Waals surface area contributed by atoms with Crippen LogP contribution >= 0.6 is 0 Å². The van der Waals surface area contributed by atoms with Crippen LogP contribution in [-0.2, 0) is 32.8 Å². The minimum atomic E-state index is -5.29. The molecule has 1 heterocycles. The fraction of sp³-hybridized carbons (Fsp3) is 0.565. The van der Waals surface area contributed by atoms with Crippen LogP contribution in [0.25, 0.3) is 11.3 Å². The number of benzene rings is 1. The fourth-order valence-electron chi connectivity index (χ4n) is 4.60. The van der Waals surface area contributed by atoms with E-state index in [2.05, 4.69) is 0 Å². The summed E-state index contributed by atoms with van der Waals surface area (Å²) in [5.41, 5.74) is -4.63. The zero-order valence-corrected chi connectivity index (χ0v) is 22.5. The van der Waals surface area contributed by atoms with Crippen LogP contribution in [-0.4, -0.2) is 33.1 Å². The van der Waals surface area contributed by atoms with Crippen molar-refractivity contribution >= 4 is 20.0 Å². The molecular formula is C23H29F6N3O4S2. The van der Waals surface area contributed by atoms with Crippen LogP contribution in [0, 0.1) is 12.8 Å². The Labute approximate surface area is 217 Å². The average molecular weight is 590 g/mol. The van der Waals surface area contributed by atoms with E-state index in [9.17, 15) is 43.2 Å². The van der Waals surface area contributed by atoms with Crippen LogP contribution in [0.3, 0.4) is 0 Å². The van der Waals surface area contributed by atoms with Crippen LogP contribution in [0.2, 0.25) is 0 Å². The van der Waals surface area contributed by atoms with E-state index in [1.807, 2.05) is 0 Å². The molecule has 0 radical (unpaired) electrons. The van der Waals surface area contributed by atoms with E-state index in [4.69, 9.17) is 5.14 Å². The number of alkyl halides is 6. The van der Waals surface area contributed by atoms with Gasteiger partial charge in [0.25, 0.3) is 0 Å². The molecule has 0 atom stereocenters. The van der Waals surface area contributed by atoms with E-state index < -0.39 is 48.4 Å². The van der Waals surface area contributed by atoms with E-state index in [0.717, 1.165) is 44.2 Å². The molecule has 0 spiro atoms. The Kier molecular flexibility index (Phi) is 8.12. The molecule has 0 bridgehead atoms. The molecule has 214 valence electrons. The first kappa shape index (κ1) is 30.4. The topological polar surface area (TPSA) is 111 Å². The SMILES string of the molecule is Cc1c(S(N)(=O)=O)cc(-c2ccc(S(=O)(=O)NC(C)(C)C(F)(F)F)c(C(F)(F)F)c2)n1CC1CCCCC1. The number of nitrogens with zero attached hydrogens (tertiary/aromatic N) is 1. The molecule has 1 aromatic carbocycles. The van der Waals surface area contributed by atoms with Crippen molar-refractivity contribution in [2.45, 2.75) is 87.1 Å². The monoisotopic (exact) mass is 589 g/mol. The summed E-state index contributed by atoms with van der Waals surface area (Å²) in [4.78, 5) is -1.68. The number of sulfonamides is 2. The number of hydrogen-bond donors (Lipinski definition) is 2. The van der Waals surface area contributed by atoms with Crippen molar-refractivity contribution in [2.24, 2.45) is 11.1 Å². The van der Waals surface area contributed by atoms with Crippen LogP contribution in [0.15, 0.2) is 34.1 Å². The van der Waals surface area contributed by atoms with Crippen molar-refractivity contribution < 1.29 is 43.2 Å². The van der Waals surface area contributed by atoms with Gasteiger partial charge >= 0.3 is 12.4 Å². The quantitative estimate of drug-likeness (QED) is 0.426. The van der Waals surface area contributed by atoms with Crippen molar-refractivity contribution in [3.05, 3.63) is 35.5 Å². The highest BCUT2D eigenvalue weighted by Gasteiger charge is 2.50. The highest BCUT2D eigenvalue weighted by molar-refractivity contribution is 7.89. The third kappa shape index (κ3) is 6.37. The molecule has 1 fully saturated rings. The summed E-state index contributed by atoms with van der Waals surface area (Å²) in [5, 5.41) is 5.32. The molecule has 1 aliphatic carbocycles. The smallest absolute Gasteiger partial charge is 0.343 e. The van der Waals surface area contributed by atoms with Gasteiger partial charge in [-0.3, -0.25) is 0 Å². The highest BCUT2D eigenvalue weighted by Crippen LogP contribution is 2.40. The maximum atomic E-state index is 14.1. The Hall–Kier alpha value is -2.10. The van der Waals surface area contributed by atoms with E-state index in [1.165, 1.54) is 11.6 Å². The summed E-state index contributed by atoms with van der Waals surface area (Å²) >= 11 is 0. The molecule has 3 rings (SSSR count). The largest absolute Gasteiger partial charge is 0.417 e. The Balaban J connectivity index is 2.19. The second kappa shape index (κ2) is 10.1. The zero-order chi connectivity index (χ0) is 28.9.